The van der Waals surface area contributed by atoms with Crippen molar-refractivity contribution in [3.63, 3.8) is 0 Å². The number of hydrogen-bond donors (Lipinski definition) is 1. The summed E-state index contributed by atoms with van der Waals surface area (Å²) in [5, 5.41) is 3.82. The number of rotatable bonds is 8. The molecule has 3 heteroatoms. The minimum atomic E-state index is 0.830. The Kier molecular flexibility index (Phi) is 4.79. The van der Waals surface area contributed by atoms with Gasteiger partial charge < -0.3 is 10.2 Å². The van der Waals surface area contributed by atoms with E-state index in [0.717, 1.165) is 42.0 Å². The molecule has 0 heterocycles. The molecule has 1 N–H and O–H groups in total. The van der Waals surface area contributed by atoms with Crippen LogP contribution in [0.3, 0.4) is 0 Å². The van der Waals surface area contributed by atoms with Crippen LogP contribution in [0.15, 0.2) is 28.7 Å². The molecule has 2 fully saturated rings. The SMILES string of the molecule is CN(CCNC(C1CC1)C1CC1)Cc1ccc(Br)cc1. The highest BCUT2D eigenvalue weighted by Crippen LogP contribution is 2.44. The average molecular weight is 337 g/mol. The molecule has 20 heavy (non-hydrogen) atoms. The molecule has 0 unspecified atom stereocenters. The van der Waals surface area contributed by atoms with Crippen LogP contribution in [-0.4, -0.2) is 31.1 Å². The van der Waals surface area contributed by atoms with Gasteiger partial charge in [0.25, 0.3) is 0 Å². The monoisotopic (exact) mass is 336 g/mol. The molecular formula is C17H25BrN2. The van der Waals surface area contributed by atoms with Crippen molar-refractivity contribution in [2.45, 2.75) is 38.3 Å². The van der Waals surface area contributed by atoms with Gasteiger partial charge >= 0.3 is 0 Å². The van der Waals surface area contributed by atoms with Crippen molar-refractivity contribution >= 4 is 15.9 Å². The van der Waals surface area contributed by atoms with E-state index < -0.39 is 0 Å². The summed E-state index contributed by atoms with van der Waals surface area (Å²) in [6, 6.07) is 9.47. The molecular weight excluding hydrogens is 312 g/mol. The van der Waals surface area contributed by atoms with Crippen molar-refractivity contribution in [3.8, 4) is 0 Å². The standard InChI is InChI=1S/C17H25BrN2/c1-20(12-13-2-8-16(18)9-3-13)11-10-19-17(14-4-5-14)15-6-7-15/h2-3,8-9,14-15,17,19H,4-7,10-12H2,1H3. The van der Waals surface area contributed by atoms with Crippen molar-refractivity contribution < 1.29 is 0 Å². The molecule has 0 saturated heterocycles. The fraction of sp³-hybridized carbons (Fsp3) is 0.647. The third-order valence-electron chi connectivity index (χ3n) is 4.50. The van der Waals surface area contributed by atoms with Gasteiger partial charge in [-0.25, -0.2) is 0 Å². The topological polar surface area (TPSA) is 15.3 Å². The first-order chi connectivity index (χ1) is 9.72. The summed E-state index contributed by atoms with van der Waals surface area (Å²) in [5.41, 5.74) is 1.39. The summed E-state index contributed by atoms with van der Waals surface area (Å²) >= 11 is 3.48. The molecule has 1 aromatic carbocycles. The first-order valence-electron chi connectivity index (χ1n) is 7.89. The smallest absolute Gasteiger partial charge is 0.0231 e. The Labute approximate surface area is 131 Å². The van der Waals surface area contributed by atoms with Crippen LogP contribution in [0.5, 0.6) is 0 Å². The molecule has 0 amide bonds. The highest BCUT2D eigenvalue weighted by Gasteiger charge is 2.40. The molecule has 3 rings (SSSR count). The van der Waals surface area contributed by atoms with Crippen molar-refractivity contribution in [1.82, 2.24) is 10.2 Å². The molecule has 0 atom stereocenters. The van der Waals surface area contributed by atoms with Gasteiger partial charge in [-0.15, -0.1) is 0 Å². The zero-order valence-corrected chi connectivity index (χ0v) is 13.9. The third-order valence-corrected chi connectivity index (χ3v) is 5.03. The third kappa shape index (κ3) is 4.31. The molecule has 0 aromatic heterocycles. The molecule has 1 aromatic rings. The van der Waals surface area contributed by atoms with Gasteiger partial charge in [-0.1, -0.05) is 28.1 Å². The van der Waals surface area contributed by atoms with E-state index in [0.29, 0.717) is 0 Å². The lowest BCUT2D eigenvalue weighted by atomic mass is 10.1. The summed E-state index contributed by atoms with van der Waals surface area (Å²) in [6.07, 6.45) is 5.84. The predicted molar refractivity (Wildman–Crippen MR) is 87.7 cm³/mol. The zero-order valence-electron chi connectivity index (χ0n) is 12.3. The number of likely N-dealkylation sites (N-methyl/N-ethyl adjacent to an activating group) is 1. The van der Waals surface area contributed by atoms with Gasteiger partial charge in [0.2, 0.25) is 0 Å². The Bertz CT molecular complexity index is 411. The van der Waals surface area contributed by atoms with E-state index >= 15 is 0 Å². The van der Waals surface area contributed by atoms with Crippen LogP contribution in [-0.2, 0) is 6.54 Å². The van der Waals surface area contributed by atoms with Crippen LogP contribution in [0.1, 0.15) is 31.2 Å². The van der Waals surface area contributed by atoms with Gasteiger partial charge in [0.15, 0.2) is 0 Å². The molecule has 110 valence electrons. The molecule has 0 radical (unpaired) electrons. The summed E-state index contributed by atoms with van der Waals surface area (Å²) in [5.74, 6) is 2.00. The van der Waals surface area contributed by atoms with E-state index in [1.165, 1.54) is 31.2 Å². The Morgan fingerprint density at radius 3 is 2.30 bits per heavy atom. The molecule has 0 bridgehead atoms. The van der Waals surface area contributed by atoms with Crippen LogP contribution in [0.2, 0.25) is 0 Å². The molecule has 2 aliphatic rings. The first kappa shape index (κ1) is 14.6. The van der Waals surface area contributed by atoms with Crippen LogP contribution in [0.25, 0.3) is 0 Å². The molecule has 2 aliphatic carbocycles. The first-order valence-corrected chi connectivity index (χ1v) is 8.68. The maximum absolute atomic E-state index is 3.82. The molecule has 2 saturated carbocycles. The Morgan fingerprint density at radius 2 is 1.75 bits per heavy atom. The lowest BCUT2D eigenvalue weighted by molar-refractivity contribution is 0.305. The normalized spacial score (nSPS) is 19.0. The summed E-state index contributed by atoms with van der Waals surface area (Å²) in [4.78, 5) is 2.41. The Balaban J connectivity index is 1.38. The van der Waals surface area contributed by atoms with E-state index in [4.69, 9.17) is 0 Å². The lowest BCUT2D eigenvalue weighted by Crippen LogP contribution is -2.38. The van der Waals surface area contributed by atoms with Gasteiger partial charge in [0.05, 0.1) is 0 Å². The largest absolute Gasteiger partial charge is 0.312 e. The predicted octanol–water partition coefficient (Wildman–Crippen LogP) is 3.66. The maximum atomic E-state index is 3.82. The van der Waals surface area contributed by atoms with Crippen LogP contribution < -0.4 is 5.32 Å². The van der Waals surface area contributed by atoms with E-state index in [1.54, 1.807) is 0 Å². The minimum absolute atomic E-state index is 0.830. The second-order valence-corrected chi connectivity index (χ2v) is 7.43. The average Bonchev–Trinajstić information content (AvgIpc) is 3.29. The van der Waals surface area contributed by atoms with E-state index in [9.17, 15) is 0 Å². The van der Waals surface area contributed by atoms with Gasteiger partial charge in [0.1, 0.15) is 0 Å². The minimum Gasteiger partial charge on any atom is -0.312 e. The van der Waals surface area contributed by atoms with Crippen molar-refractivity contribution in [3.05, 3.63) is 34.3 Å². The van der Waals surface area contributed by atoms with E-state index in [2.05, 4.69) is 57.5 Å². The highest BCUT2D eigenvalue weighted by molar-refractivity contribution is 9.10. The summed E-state index contributed by atoms with van der Waals surface area (Å²) < 4.78 is 1.15. The van der Waals surface area contributed by atoms with Gasteiger partial charge in [-0.2, -0.15) is 0 Å². The molecule has 0 aliphatic heterocycles. The quantitative estimate of drug-likeness (QED) is 0.779. The highest BCUT2D eigenvalue weighted by atomic mass is 79.9. The number of hydrogen-bond acceptors (Lipinski definition) is 2. The van der Waals surface area contributed by atoms with Gasteiger partial charge in [0, 0.05) is 30.1 Å². The number of nitrogens with zero attached hydrogens (tertiary/aromatic N) is 1. The van der Waals surface area contributed by atoms with Gasteiger partial charge in [-0.3, -0.25) is 0 Å². The van der Waals surface area contributed by atoms with Crippen molar-refractivity contribution in [2.75, 3.05) is 20.1 Å². The van der Waals surface area contributed by atoms with Gasteiger partial charge in [-0.05, 0) is 62.3 Å². The number of benzene rings is 1. The number of halogens is 1. The second-order valence-electron chi connectivity index (χ2n) is 6.52. The fourth-order valence-corrected chi connectivity index (χ4v) is 3.30. The Hall–Kier alpha value is -0.380. The van der Waals surface area contributed by atoms with Crippen LogP contribution in [0, 0.1) is 11.8 Å². The summed E-state index contributed by atoms with van der Waals surface area (Å²) in [7, 11) is 2.22. The van der Waals surface area contributed by atoms with Crippen LogP contribution >= 0.6 is 15.9 Å². The fourth-order valence-electron chi connectivity index (χ4n) is 3.03. The number of nitrogens with one attached hydrogen (secondary N) is 1. The molecule has 0 spiro atoms. The molecule has 2 nitrogen and oxygen atoms in total. The van der Waals surface area contributed by atoms with Crippen molar-refractivity contribution in [1.29, 1.82) is 0 Å². The van der Waals surface area contributed by atoms with Crippen molar-refractivity contribution in [2.24, 2.45) is 11.8 Å². The maximum Gasteiger partial charge on any atom is 0.0231 e. The zero-order chi connectivity index (χ0) is 13.9. The van der Waals surface area contributed by atoms with E-state index in [-0.39, 0.29) is 0 Å². The summed E-state index contributed by atoms with van der Waals surface area (Å²) in [6.45, 7) is 3.29. The van der Waals surface area contributed by atoms with Crippen LogP contribution in [0.4, 0.5) is 0 Å². The second kappa shape index (κ2) is 6.59. The van der Waals surface area contributed by atoms with E-state index in [1.807, 2.05) is 0 Å². The Morgan fingerprint density at radius 1 is 1.15 bits per heavy atom. The lowest BCUT2D eigenvalue weighted by Gasteiger charge is -2.21.